The van der Waals surface area contributed by atoms with Crippen molar-refractivity contribution in [3.05, 3.63) is 17.4 Å². The molecule has 0 amide bonds. The van der Waals surface area contributed by atoms with Crippen molar-refractivity contribution < 1.29 is 0 Å². The molecule has 2 aromatic rings. The molecule has 1 aliphatic rings. The van der Waals surface area contributed by atoms with E-state index in [1.165, 1.54) is 12.8 Å². The number of aromatic nitrogens is 3. The first-order chi connectivity index (χ1) is 7.84. The molecule has 2 N–H and O–H groups in total. The summed E-state index contributed by atoms with van der Waals surface area (Å²) in [7, 11) is 0. The van der Waals surface area contributed by atoms with E-state index in [1.54, 1.807) is 23.7 Å². The molecule has 84 valence electrons. The molecule has 0 spiro atoms. The maximum Gasteiger partial charge on any atom is 0.189 e. The maximum absolute atomic E-state index is 6.16. The predicted molar refractivity (Wildman–Crippen MR) is 64.4 cm³/mol. The average Bonchev–Trinajstić information content (AvgIpc) is 2.73. The smallest absolute Gasteiger partial charge is 0.189 e. The van der Waals surface area contributed by atoms with E-state index in [1.807, 2.05) is 0 Å². The lowest BCUT2D eigenvalue weighted by Crippen LogP contribution is -2.31. The van der Waals surface area contributed by atoms with Gasteiger partial charge in [0, 0.05) is 24.4 Å². The van der Waals surface area contributed by atoms with Gasteiger partial charge in [0.15, 0.2) is 10.5 Å². The van der Waals surface area contributed by atoms with Gasteiger partial charge >= 0.3 is 0 Å². The molecule has 1 saturated carbocycles. The maximum atomic E-state index is 6.16. The first-order valence-corrected chi connectivity index (χ1v) is 6.49. The van der Waals surface area contributed by atoms with Gasteiger partial charge in [-0.2, -0.15) is 0 Å². The molecule has 2 unspecified atom stereocenters. The Bertz CT molecular complexity index is 462. The number of nitrogens with two attached hydrogens (primary N) is 1. The molecule has 1 aliphatic carbocycles. The quantitative estimate of drug-likeness (QED) is 0.820. The van der Waals surface area contributed by atoms with Gasteiger partial charge in [0.2, 0.25) is 0 Å². The molecule has 0 aliphatic heterocycles. The highest BCUT2D eigenvalue weighted by atomic mass is 32.1. The minimum absolute atomic E-state index is 0.259. The Morgan fingerprint density at radius 3 is 2.81 bits per heavy atom. The van der Waals surface area contributed by atoms with Crippen LogP contribution in [-0.4, -0.2) is 21.0 Å². The molecule has 5 heteroatoms. The number of thiazole rings is 1. The molecule has 0 radical (unpaired) electrons. The molecule has 0 bridgehead atoms. The predicted octanol–water partition coefficient (Wildman–Crippen LogP) is 2.07. The first kappa shape index (κ1) is 10.1. The molecular formula is C11H14N4S. The monoisotopic (exact) mass is 234 g/mol. The van der Waals surface area contributed by atoms with Crippen molar-refractivity contribution in [2.24, 2.45) is 5.73 Å². The van der Waals surface area contributed by atoms with Crippen LogP contribution in [0.1, 0.15) is 36.6 Å². The number of hydrogen-bond acceptors (Lipinski definition) is 5. The SMILES string of the molecule is NC1CCCCC1c1nc2nccnc2s1. The van der Waals surface area contributed by atoms with Crippen LogP contribution in [0.2, 0.25) is 0 Å². The normalized spacial score (nSPS) is 26.1. The number of fused-ring (bicyclic) bond motifs is 1. The van der Waals surface area contributed by atoms with Crippen molar-refractivity contribution in [3.8, 4) is 0 Å². The van der Waals surface area contributed by atoms with Crippen molar-refractivity contribution >= 4 is 21.8 Å². The van der Waals surface area contributed by atoms with Crippen molar-refractivity contribution in [3.63, 3.8) is 0 Å². The summed E-state index contributed by atoms with van der Waals surface area (Å²) in [6.07, 6.45) is 8.17. The van der Waals surface area contributed by atoms with E-state index in [0.717, 1.165) is 28.3 Å². The fraction of sp³-hybridized carbons (Fsp3) is 0.545. The molecule has 4 nitrogen and oxygen atoms in total. The van der Waals surface area contributed by atoms with E-state index in [-0.39, 0.29) is 6.04 Å². The lowest BCUT2D eigenvalue weighted by Gasteiger charge is -2.26. The van der Waals surface area contributed by atoms with Crippen molar-refractivity contribution in [1.29, 1.82) is 0 Å². The third-order valence-corrected chi connectivity index (χ3v) is 4.29. The summed E-state index contributed by atoms with van der Waals surface area (Å²) in [5.74, 6) is 0.412. The molecule has 0 aromatic carbocycles. The number of hydrogen-bond donors (Lipinski definition) is 1. The standard InChI is InChI=1S/C11H14N4S/c12-8-4-2-1-3-7(8)10-15-9-11(16-10)14-6-5-13-9/h5-8H,1-4,12H2. The minimum atomic E-state index is 0.259. The summed E-state index contributed by atoms with van der Waals surface area (Å²) in [5.41, 5.74) is 6.92. The molecule has 3 rings (SSSR count). The lowest BCUT2D eigenvalue weighted by molar-refractivity contribution is 0.385. The van der Waals surface area contributed by atoms with Gasteiger partial charge in [-0.3, -0.25) is 0 Å². The topological polar surface area (TPSA) is 64.7 Å². The zero-order valence-electron chi connectivity index (χ0n) is 8.97. The molecule has 2 heterocycles. The third kappa shape index (κ3) is 1.70. The third-order valence-electron chi connectivity index (χ3n) is 3.20. The zero-order valence-corrected chi connectivity index (χ0v) is 9.78. The average molecular weight is 234 g/mol. The van der Waals surface area contributed by atoms with E-state index in [4.69, 9.17) is 5.73 Å². The molecule has 2 atom stereocenters. The summed E-state index contributed by atoms with van der Waals surface area (Å²) >= 11 is 1.64. The zero-order chi connectivity index (χ0) is 11.0. The summed E-state index contributed by atoms with van der Waals surface area (Å²) in [5, 5.41) is 1.12. The van der Waals surface area contributed by atoms with Crippen LogP contribution in [0.15, 0.2) is 12.4 Å². The Balaban J connectivity index is 1.98. The van der Waals surface area contributed by atoms with Crippen LogP contribution in [0.25, 0.3) is 10.5 Å². The molecular weight excluding hydrogens is 220 g/mol. The molecule has 16 heavy (non-hydrogen) atoms. The van der Waals surface area contributed by atoms with Crippen LogP contribution in [0.4, 0.5) is 0 Å². The van der Waals surface area contributed by atoms with Gasteiger partial charge in [-0.1, -0.05) is 24.2 Å². The van der Waals surface area contributed by atoms with Crippen LogP contribution < -0.4 is 5.73 Å². The van der Waals surface area contributed by atoms with E-state index < -0.39 is 0 Å². The minimum Gasteiger partial charge on any atom is -0.327 e. The Labute approximate surface area is 97.9 Å². The van der Waals surface area contributed by atoms with Gasteiger partial charge in [0.25, 0.3) is 0 Å². The summed E-state index contributed by atoms with van der Waals surface area (Å²) in [4.78, 5) is 14.0. The van der Waals surface area contributed by atoms with Gasteiger partial charge in [-0.05, 0) is 12.8 Å². The fourth-order valence-electron chi connectivity index (χ4n) is 2.32. The molecule has 0 saturated heterocycles. The van der Waals surface area contributed by atoms with Crippen LogP contribution >= 0.6 is 11.3 Å². The van der Waals surface area contributed by atoms with E-state index in [2.05, 4.69) is 15.0 Å². The Morgan fingerprint density at radius 1 is 1.19 bits per heavy atom. The van der Waals surface area contributed by atoms with Crippen molar-refractivity contribution in [2.75, 3.05) is 0 Å². The van der Waals surface area contributed by atoms with Crippen LogP contribution in [0.3, 0.4) is 0 Å². The van der Waals surface area contributed by atoms with E-state index in [0.29, 0.717) is 5.92 Å². The van der Waals surface area contributed by atoms with E-state index >= 15 is 0 Å². The highest BCUT2D eigenvalue weighted by Gasteiger charge is 2.26. The molecule has 2 aromatic heterocycles. The Hall–Kier alpha value is -1.07. The highest BCUT2D eigenvalue weighted by Crippen LogP contribution is 2.35. The lowest BCUT2D eigenvalue weighted by atomic mass is 9.85. The first-order valence-electron chi connectivity index (χ1n) is 5.67. The highest BCUT2D eigenvalue weighted by molar-refractivity contribution is 7.18. The number of rotatable bonds is 1. The molecule has 1 fully saturated rings. The Kier molecular flexibility index (Phi) is 2.57. The largest absolute Gasteiger partial charge is 0.327 e. The summed E-state index contributed by atoms with van der Waals surface area (Å²) in [6, 6.07) is 0.259. The van der Waals surface area contributed by atoms with Gasteiger partial charge < -0.3 is 5.73 Å². The van der Waals surface area contributed by atoms with Crippen molar-refractivity contribution in [2.45, 2.75) is 37.6 Å². The second-order valence-corrected chi connectivity index (χ2v) is 5.30. The Morgan fingerprint density at radius 2 is 2.00 bits per heavy atom. The van der Waals surface area contributed by atoms with Gasteiger partial charge in [-0.15, -0.1) is 0 Å². The van der Waals surface area contributed by atoms with Crippen LogP contribution in [0.5, 0.6) is 0 Å². The van der Waals surface area contributed by atoms with Crippen molar-refractivity contribution in [1.82, 2.24) is 15.0 Å². The van der Waals surface area contributed by atoms with Gasteiger partial charge in [-0.25, -0.2) is 15.0 Å². The second kappa shape index (κ2) is 4.07. The second-order valence-electron chi connectivity index (χ2n) is 4.29. The fourth-order valence-corrected chi connectivity index (χ4v) is 3.40. The summed E-state index contributed by atoms with van der Waals surface area (Å²) in [6.45, 7) is 0. The number of nitrogens with zero attached hydrogens (tertiary/aromatic N) is 3. The summed E-state index contributed by atoms with van der Waals surface area (Å²) < 4.78 is 0. The van der Waals surface area contributed by atoms with Crippen LogP contribution in [-0.2, 0) is 0 Å². The van der Waals surface area contributed by atoms with Gasteiger partial charge in [0.1, 0.15) is 5.01 Å². The van der Waals surface area contributed by atoms with E-state index in [9.17, 15) is 0 Å². The van der Waals surface area contributed by atoms with Gasteiger partial charge in [0.05, 0.1) is 0 Å². The van der Waals surface area contributed by atoms with Crippen LogP contribution in [0, 0.1) is 0 Å².